The van der Waals surface area contributed by atoms with Gasteiger partial charge in [-0.1, -0.05) is 13.8 Å². The van der Waals surface area contributed by atoms with Crippen LogP contribution in [0, 0.1) is 6.92 Å². The third-order valence-electron chi connectivity index (χ3n) is 3.66. The van der Waals surface area contributed by atoms with E-state index in [2.05, 4.69) is 38.0 Å². The minimum atomic E-state index is 0.0723. The van der Waals surface area contributed by atoms with Crippen LogP contribution >= 0.6 is 0 Å². The molecule has 0 aliphatic carbocycles. The molecule has 1 aromatic heterocycles. The molecule has 19 heavy (non-hydrogen) atoms. The van der Waals surface area contributed by atoms with E-state index in [9.17, 15) is 0 Å². The molecule has 0 amide bonds. The summed E-state index contributed by atoms with van der Waals surface area (Å²) in [5.74, 6) is 1.83. The predicted molar refractivity (Wildman–Crippen MR) is 77.4 cm³/mol. The van der Waals surface area contributed by atoms with Crippen LogP contribution in [0.4, 0.5) is 5.82 Å². The van der Waals surface area contributed by atoms with Crippen molar-refractivity contribution in [1.29, 1.82) is 0 Å². The van der Waals surface area contributed by atoms with Crippen LogP contribution in [-0.2, 0) is 11.2 Å². The summed E-state index contributed by atoms with van der Waals surface area (Å²) in [6, 6.07) is 0. The highest BCUT2D eigenvalue weighted by Crippen LogP contribution is 2.32. The van der Waals surface area contributed by atoms with Crippen molar-refractivity contribution in [3.63, 3.8) is 0 Å². The standard InChI is InChI=1S/C15H25N3O/c1-5-9-16-14-11(4)12(6-2)17-15(18-14)13-8-7-10(3)19-13/h10,13H,5-9H2,1-4H3,(H,16,17,18). The van der Waals surface area contributed by atoms with E-state index >= 15 is 0 Å². The lowest BCUT2D eigenvalue weighted by Gasteiger charge is -2.16. The third kappa shape index (κ3) is 3.24. The molecule has 0 spiro atoms. The molecule has 1 N–H and O–H groups in total. The Hall–Kier alpha value is -1.16. The lowest BCUT2D eigenvalue weighted by Crippen LogP contribution is -2.13. The van der Waals surface area contributed by atoms with E-state index < -0.39 is 0 Å². The molecule has 0 saturated carbocycles. The number of aryl methyl sites for hydroxylation is 1. The zero-order chi connectivity index (χ0) is 13.8. The number of hydrogen-bond donors (Lipinski definition) is 1. The Morgan fingerprint density at radius 2 is 2.05 bits per heavy atom. The fourth-order valence-corrected chi connectivity index (χ4v) is 2.48. The Kier molecular flexibility index (Phi) is 4.75. The molecule has 1 aromatic rings. The normalized spacial score (nSPS) is 22.7. The second kappa shape index (κ2) is 6.33. The van der Waals surface area contributed by atoms with Gasteiger partial charge in [-0.2, -0.15) is 0 Å². The lowest BCUT2D eigenvalue weighted by atomic mass is 10.1. The van der Waals surface area contributed by atoms with Crippen LogP contribution in [0.1, 0.15) is 63.2 Å². The minimum absolute atomic E-state index is 0.0723. The average Bonchev–Trinajstić information content (AvgIpc) is 2.84. The summed E-state index contributed by atoms with van der Waals surface area (Å²) >= 11 is 0. The minimum Gasteiger partial charge on any atom is -0.370 e. The first-order chi connectivity index (χ1) is 9.15. The van der Waals surface area contributed by atoms with Crippen LogP contribution in [0.25, 0.3) is 0 Å². The summed E-state index contributed by atoms with van der Waals surface area (Å²) in [6.45, 7) is 9.46. The molecule has 0 bridgehead atoms. The van der Waals surface area contributed by atoms with E-state index in [-0.39, 0.29) is 6.10 Å². The smallest absolute Gasteiger partial charge is 0.159 e. The van der Waals surface area contributed by atoms with E-state index in [1.54, 1.807) is 0 Å². The van der Waals surface area contributed by atoms with Gasteiger partial charge in [-0.15, -0.1) is 0 Å². The van der Waals surface area contributed by atoms with Crippen LogP contribution in [0.2, 0.25) is 0 Å². The van der Waals surface area contributed by atoms with Gasteiger partial charge in [-0.25, -0.2) is 9.97 Å². The van der Waals surface area contributed by atoms with Crippen molar-refractivity contribution >= 4 is 5.82 Å². The quantitative estimate of drug-likeness (QED) is 0.884. The van der Waals surface area contributed by atoms with Crippen LogP contribution in [0.3, 0.4) is 0 Å². The summed E-state index contributed by atoms with van der Waals surface area (Å²) in [6.07, 6.45) is 4.55. The number of rotatable bonds is 5. The van der Waals surface area contributed by atoms with Gasteiger partial charge in [0.25, 0.3) is 0 Å². The molecule has 4 nitrogen and oxygen atoms in total. The molecule has 1 aliphatic rings. The maximum Gasteiger partial charge on any atom is 0.159 e. The first-order valence-electron chi connectivity index (χ1n) is 7.42. The van der Waals surface area contributed by atoms with Crippen molar-refractivity contribution in [2.45, 2.75) is 65.6 Å². The van der Waals surface area contributed by atoms with Gasteiger partial charge in [-0.3, -0.25) is 0 Å². The molecular formula is C15H25N3O. The van der Waals surface area contributed by atoms with Gasteiger partial charge in [0.1, 0.15) is 11.9 Å². The largest absolute Gasteiger partial charge is 0.370 e. The van der Waals surface area contributed by atoms with Crippen molar-refractivity contribution in [3.05, 3.63) is 17.1 Å². The van der Waals surface area contributed by atoms with Crippen molar-refractivity contribution in [3.8, 4) is 0 Å². The molecule has 2 rings (SSSR count). The Balaban J connectivity index is 2.28. The highest BCUT2D eigenvalue weighted by atomic mass is 16.5. The summed E-state index contributed by atoms with van der Waals surface area (Å²) in [7, 11) is 0. The topological polar surface area (TPSA) is 47.0 Å². The molecule has 2 heterocycles. The molecule has 0 radical (unpaired) electrons. The van der Waals surface area contributed by atoms with Gasteiger partial charge in [0.2, 0.25) is 0 Å². The van der Waals surface area contributed by atoms with E-state index in [0.29, 0.717) is 6.10 Å². The van der Waals surface area contributed by atoms with Crippen LogP contribution in [0.15, 0.2) is 0 Å². The van der Waals surface area contributed by atoms with E-state index in [4.69, 9.17) is 9.72 Å². The zero-order valence-electron chi connectivity index (χ0n) is 12.5. The van der Waals surface area contributed by atoms with Gasteiger partial charge >= 0.3 is 0 Å². The maximum atomic E-state index is 5.89. The fourth-order valence-electron chi connectivity index (χ4n) is 2.48. The maximum absolute atomic E-state index is 5.89. The fraction of sp³-hybridized carbons (Fsp3) is 0.733. The molecule has 106 valence electrons. The Morgan fingerprint density at radius 1 is 1.26 bits per heavy atom. The van der Waals surface area contributed by atoms with E-state index in [0.717, 1.165) is 49.6 Å². The van der Waals surface area contributed by atoms with Crippen molar-refractivity contribution < 1.29 is 4.74 Å². The van der Waals surface area contributed by atoms with Crippen molar-refractivity contribution in [2.24, 2.45) is 0 Å². The molecule has 4 heteroatoms. The SMILES string of the molecule is CCCNc1nc(C2CCC(C)O2)nc(CC)c1C. The number of nitrogens with one attached hydrogen (secondary N) is 1. The molecule has 1 aliphatic heterocycles. The monoisotopic (exact) mass is 263 g/mol. The molecule has 0 aromatic carbocycles. The van der Waals surface area contributed by atoms with Gasteiger partial charge < -0.3 is 10.1 Å². The van der Waals surface area contributed by atoms with Crippen molar-refractivity contribution in [1.82, 2.24) is 9.97 Å². The zero-order valence-corrected chi connectivity index (χ0v) is 12.5. The molecular weight excluding hydrogens is 238 g/mol. The average molecular weight is 263 g/mol. The number of aromatic nitrogens is 2. The number of nitrogens with zero attached hydrogens (tertiary/aromatic N) is 2. The number of anilines is 1. The van der Waals surface area contributed by atoms with E-state index in [1.807, 2.05) is 0 Å². The Labute approximate surface area is 116 Å². The Bertz CT molecular complexity index is 434. The van der Waals surface area contributed by atoms with Gasteiger partial charge in [0.05, 0.1) is 6.10 Å². The molecule has 1 saturated heterocycles. The van der Waals surface area contributed by atoms with Crippen LogP contribution in [-0.4, -0.2) is 22.6 Å². The molecule has 2 unspecified atom stereocenters. The first kappa shape index (κ1) is 14.3. The van der Waals surface area contributed by atoms with Crippen LogP contribution in [0.5, 0.6) is 0 Å². The highest BCUT2D eigenvalue weighted by molar-refractivity contribution is 5.46. The summed E-state index contributed by atoms with van der Waals surface area (Å²) in [5, 5.41) is 3.41. The predicted octanol–water partition coefficient (Wildman–Crippen LogP) is 3.41. The summed E-state index contributed by atoms with van der Waals surface area (Å²) < 4.78 is 5.89. The second-order valence-corrected chi connectivity index (χ2v) is 5.30. The molecule has 2 atom stereocenters. The number of ether oxygens (including phenoxy) is 1. The molecule has 1 fully saturated rings. The lowest BCUT2D eigenvalue weighted by molar-refractivity contribution is 0.0502. The highest BCUT2D eigenvalue weighted by Gasteiger charge is 2.26. The van der Waals surface area contributed by atoms with Gasteiger partial charge in [-0.05, 0) is 39.5 Å². The third-order valence-corrected chi connectivity index (χ3v) is 3.66. The second-order valence-electron chi connectivity index (χ2n) is 5.30. The van der Waals surface area contributed by atoms with Gasteiger partial charge in [0.15, 0.2) is 5.82 Å². The Morgan fingerprint density at radius 3 is 2.63 bits per heavy atom. The van der Waals surface area contributed by atoms with E-state index in [1.165, 1.54) is 5.56 Å². The summed E-state index contributed by atoms with van der Waals surface area (Å²) in [5.41, 5.74) is 2.30. The first-order valence-corrected chi connectivity index (χ1v) is 7.42. The number of hydrogen-bond acceptors (Lipinski definition) is 4. The van der Waals surface area contributed by atoms with Gasteiger partial charge in [0, 0.05) is 17.8 Å². The van der Waals surface area contributed by atoms with Crippen LogP contribution < -0.4 is 5.32 Å². The van der Waals surface area contributed by atoms with Crippen molar-refractivity contribution in [2.75, 3.05) is 11.9 Å². The summed E-state index contributed by atoms with van der Waals surface area (Å²) in [4.78, 5) is 9.39.